The Hall–Kier alpha value is -2.49. The van der Waals surface area contributed by atoms with Crippen molar-refractivity contribution in [1.29, 1.82) is 0 Å². The highest BCUT2D eigenvalue weighted by Gasteiger charge is 2.23. The number of carbonyl (C=O) groups is 1. The van der Waals surface area contributed by atoms with E-state index in [4.69, 9.17) is 4.74 Å². The molecule has 1 amide bonds. The van der Waals surface area contributed by atoms with E-state index in [0.29, 0.717) is 12.2 Å². The number of phenolic OH excluding ortho intramolecular Hbond substituents is 1. The van der Waals surface area contributed by atoms with Crippen molar-refractivity contribution in [3.05, 3.63) is 59.2 Å². The lowest BCUT2D eigenvalue weighted by Crippen LogP contribution is -2.32. The third-order valence-corrected chi connectivity index (χ3v) is 3.74. The molecule has 2 aromatic rings. The second-order valence-corrected chi connectivity index (χ2v) is 5.20. The van der Waals surface area contributed by atoms with Gasteiger partial charge in [0, 0.05) is 17.5 Å². The molecule has 2 N–H and O–H groups in total. The fourth-order valence-electron chi connectivity index (χ4n) is 2.48. The van der Waals surface area contributed by atoms with Crippen molar-refractivity contribution in [3.63, 3.8) is 0 Å². The van der Waals surface area contributed by atoms with Crippen molar-refractivity contribution >= 4 is 5.91 Å². The van der Waals surface area contributed by atoms with Crippen LogP contribution in [-0.2, 0) is 0 Å². The van der Waals surface area contributed by atoms with E-state index >= 15 is 0 Å². The van der Waals surface area contributed by atoms with E-state index in [1.54, 1.807) is 19.1 Å². The van der Waals surface area contributed by atoms with Crippen molar-refractivity contribution in [2.24, 2.45) is 0 Å². The van der Waals surface area contributed by atoms with Crippen LogP contribution in [0.25, 0.3) is 0 Å². The van der Waals surface area contributed by atoms with Crippen LogP contribution in [0.2, 0.25) is 0 Å². The summed E-state index contributed by atoms with van der Waals surface area (Å²) in [5.41, 5.74) is 2.21. The number of rotatable bonds is 2. The fraction of sp³-hybridized carbons (Fsp3) is 0.235. The SMILES string of the molecule is Cc1ccc(C(=O)NC2CCOc3ccccc32)cc1O. The van der Waals surface area contributed by atoms with E-state index in [2.05, 4.69) is 5.32 Å². The largest absolute Gasteiger partial charge is 0.508 e. The number of ether oxygens (including phenoxy) is 1. The first-order valence-electron chi connectivity index (χ1n) is 6.97. The van der Waals surface area contributed by atoms with Crippen LogP contribution in [-0.4, -0.2) is 17.6 Å². The fourth-order valence-corrected chi connectivity index (χ4v) is 2.48. The number of fused-ring (bicyclic) bond motifs is 1. The average molecular weight is 283 g/mol. The Morgan fingerprint density at radius 1 is 1.29 bits per heavy atom. The summed E-state index contributed by atoms with van der Waals surface area (Å²) in [6.45, 7) is 2.38. The molecular weight excluding hydrogens is 266 g/mol. The van der Waals surface area contributed by atoms with Gasteiger partial charge in [0.2, 0.25) is 0 Å². The molecule has 1 unspecified atom stereocenters. The van der Waals surface area contributed by atoms with Gasteiger partial charge in [-0.05, 0) is 30.7 Å². The normalized spacial score (nSPS) is 16.7. The zero-order valence-electron chi connectivity index (χ0n) is 11.8. The molecule has 0 radical (unpaired) electrons. The molecule has 0 saturated carbocycles. The first-order chi connectivity index (χ1) is 10.1. The summed E-state index contributed by atoms with van der Waals surface area (Å²) in [5, 5.41) is 12.7. The lowest BCUT2D eigenvalue weighted by molar-refractivity contribution is 0.0924. The molecule has 108 valence electrons. The number of hydrogen-bond acceptors (Lipinski definition) is 3. The summed E-state index contributed by atoms with van der Waals surface area (Å²) in [6, 6.07) is 12.6. The Labute approximate surface area is 123 Å². The minimum absolute atomic E-state index is 0.0640. The maximum Gasteiger partial charge on any atom is 0.251 e. The first kappa shape index (κ1) is 13.5. The molecule has 0 aromatic heterocycles. The van der Waals surface area contributed by atoms with Gasteiger partial charge in [-0.1, -0.05) is 24.3 Å². The third kappa shape index (κ3) is 2.70. The Kier molecular flexibility index (Phi) is 3.52. The van der Waals surface area contributed by atoms with Crippen LogP contribution >= 0.6 is 0 Å². The quantitative estimate of drug-likeness (QED) is 0.891. The van der Waals surface area contributed by atoms with Gasteiger partial charge in [0.15, 0.2) is 0 Å². The molecule has 1 aliphatic rings. The predicted molar refractivity (Wildman–Crippen MR) is 79.6 cm³/mol. The van der Waals surface area contributed by atoms with Gasteiger partial charge in [-0.15, -0.1) is 0 Å². The summed E-state index contributed by atoms with van der Waals surface area (Å²) in [7, 11) is 0. The predicted octanol–water partition coefficient (Wildman–Crippen LogP) is 2.95. The van der Waals surface area contributed by atoms with Gasteiger partial charge in [0.05, 0.1) is 12.6 Å². The highest BCUT2D eigenvalue weighted by atomic mass is 16.5. The topological polar surface area (TPSA) is 58.6 Å². The zero-order valence-corrected chi connectivity index (χ0v) is 11.8. The average Bonchev–Trinajstić information content (AvgIpc) is 2.50. The molecule has 4 heteroatoms. The van der Waals surface area contributed by atoms with Gasteiger partial charge >= 0.3 is 0 Å². The number of para-hydroxylation sites is 1. The number of carbonyl (C=O) groups excluding carboxylic acids is 1. The molecule has 21 heavy (non-hydrogen) atoms. The number of benzene rings is 2. The van der Waals surface area contributed by atoms with Crippen molar-refractivity contribution in [2.45, 2.75) is 19.4 Å². The number of phenols is 1. The molecule has 1 heterocycles. The molecule has 0 aliphatic carbocycles. The van der Waals surface area contributed by atoms with E-state index < -0.39 is 0 Å². The maximum absolute atomic E-state index is 12.3. The van der Waals surface area contributed by atoms with E-state index in [9.17, 15) is 9.90 Å². The van der Waals surface area contributed by atoms with Crippen molar-refractivity contribution in [2.75, 3.05) is 6.61 Å². The smallest absolute Gasteiger partial charge is 0.251 e. The molecule has 4 nitrogen and oxygen atoms in total. The van der Waals surface area contributed by atoms with Crippen LogP contribution in [0, 0.1) is 6.92 Å². The van der Waals surface area contributed by atoms with Crippen molar-refractivity contribution in [1.82, 2.24) is 5.32 Å². The standard InChI is InChI=1S/C17H17NO3/c1-11-6-7-12(10-15(11)19)17(20)18-14-8-9-21-16-5-3-2-4-13(14)16/h2-7,10,14,19H,8-9H2,1H3,(H,18,20). The van der Waals surface area contributed by atoms with E-state index in [-0.39, 0.29) is 17.7 Å². The second kappa shape index (κ2) is 5.48. The summed E-state index contributed by atoms with van der Waals surface area (Å²) in [5.74, 6) is 0.767. The molecular formula is C17H17NO3. The van der Waals surface area contributed by atoms with Gasteiger partial charge in [-0.3, -0.25) is 4.79 Å². The van der Waals surface area contributed by atoms with E-state index in [0.717, 1.165) is 23.3 Å². The number of aryl methyl sites for hydroxylation is 1. The Balaban J connectivity index is 1.81. The van der Waals surface area contributed by atoms with Gasteiger partial charge in [0.1, 0.15) is 11.5 Å². The van der Waals surface area contributed by atoms with Crippen LogP contribution in [0.3, 0.4) is 0 Å². The van der Waals surface area contributed by atoms with Gasteiger partial charge in [-0.2, -0.15) is 0 Å². The molecule has 3 rings (SSSR count). The summed E-state index contributed by atoms with van der Waals surface area (Å²) < 4.78 is 5.58. The second-order valence-electron chi connectivity index (χ2n) is 5.20. The molecule has 2 aromatic carbocycles. The zero-order chi connectivity index (χ0) is 14.8. The van der Waals surface area contributed by atoms with Crippen LogP contribution in [0.1, 0.15) is 33.9 Å². The Morgan fingerprint density at radius 3 is 2.90 bits per heavy atom. The van der Waals surface area contributed by atoms with E-state index in [1.165, 1.54) is 6.07 Å². The molecule has 0 bridgehead atoms. The summed E-state index contributed by atoms with van der Waals surface area (Å²) in [4.78, 5) is 12.3. The third-order valence-electron chi connectivity index (χ3n) is 3.74. The molecule has 0 fully saturated rings. The maximum atomic E-state index is 12.3. The molecule has 1 atom stereocenters. The number of aromatic hydroxyl groups is 1. The monoisotopic (exact) mass is 283 g/mol. The van der Waals surface area contributed by atoms with Crippen LogP contribution in [0.15, 0.2) is 42.5 Å². The first-order valence-corrected chi connectivity index (χ1v) is 6.97. The van der Waals surface area contributed by atoms with Crippen LogP contribution in [0.5, 0.6) is 11.5 Å². The van der Waals surface area contributed by atoms with Crippen LogP contribution < -0.4 is 10.1 Å². The molecule has 0 spiro atoms. The lowest BCUT2D eigenvalue weighted by atomic mass is 10.00. The van der Waals surface area contributed by atoms with Crippen molar-refractivity contribution < 1.29 is 14.6 Å². The Bertz CT molecular complexity index is 681. The number of nitrogens with one attached hydrogen (secondary N) is 1. The number of amides is 1. The summed E-state index contributed by atoms with van der Waals surface area (Å²) >= 11 is 0. The minimum Gasteiger partial charge on any atom is -0.508 e. The van der Waals surface area contributed by atoms with E-state index in [1.807, 2.05) is 24.3 Å². The highest BCUT2D eigenvalue weighted by Crippen LogP contribution is 2.31. The van der Waals surface area contributed by atoms with Gasteiger partial charge < -0.3 is 15.2 Å². The van der Waals surface area contributed by atoms with Gasteiger partial charge in [0.25, 0.3) is 5.91 Å². The minimum atomic E-state index is -0.188. The number of hydrogen-bond donors (Lipinski definition) is 2. The van der Waals surface area contributed by atoms with Crippen LogP contribution in [0.4, 0.5) is 0 Å². The summed E-state index contributed by atoms with van der Waals surface area (Å²) in [6.07, 6.45) is 0.737. The van der Waals surface area contributed by atoms with Gasteiger partial charge in [-0.25, -0.2) is 0 Å². The lowest BCUT2D eigenvalue weighted by Gasteiger charge is -2.26. The molecule has 1 aliphatic heterocycles. The highest BCUT2D eigenvalue weighted by molar-refractivity contribution is 5.95. The Morgan fingerprint density at radius 2 is 2.10 bits per heavy atom. The molecule has 0 saturated heterocycles. The van der Waals surface area contributed by atoms with Crippen molar-refractivity contribution in [3.8, 4) is 11.5 Å².